The molecule has 2 aromatic rings. The maximum absolute atomic E-state index is 13.8. The van der Waals surface area contributed by atoms with Crippen molar-refractivity contribution in [3.05, 3.63) is 53.3 Å². The zero-order valence-corrected chi connectivity index (χ0v) is 17.2. The number of likely N-dealkylation sites (tertiary alicyclic amines) is 1. The number of benzene rings is 2. The molecule has 7 nitrogen and oxygen atoms in total. The highest BCUT2D eigenvalue weighted by Gasteiger charge is 2.45. The number of carbonyl (C=O) groups is 2. The van der Waals surface area contributed by atoms with Crippen LogP contribution in [0.15, 0.2) is 36.4 Å². The number of anilines is 1. The summed E-state index contributed by atoms with van der Waals surface area (Å²) >= 11 is 0. The highest BCUT2D eigenvalue weighted by Crippen LogP contribution is 2.37. The molecule has 1 spiro atoms. The molecule has 0 bridgehead atoms. The van der Waals surface area contributed by atoms with Crippen LogP contribution in [0.4, 0.5) is 10.1 Å². The number of rotatable bonds is 3. The van der Waals surface area contributed by atoms with Crippen LogP contribution >= 0.6 is 0 Å². The summed E-state index contributed by atoms with van der Waals surface area (Å²) in [6.07, 6.45) is 1.05. The Morgan fingerprint density at radius 1 is 1.10 bits per heavy atom. The number of ether oxygens (including phenoxy) is 2. The summed E-state index contributed by atoms with van der Waals surface area (Å²) in [6.45, 7) is 0.895. The van der Waals surface area contributed by atoms with E-state index in [0.717, 1.165) is 0 Å². The molecule has 0 aromatic heterocycles. The van der Waals surface area contributed by atoms with E-state index in [1.165, 1.54) is 25.3 Å². The van der Waals surface area contributed by atoms with Gasteiger partial charge in [0.2, 0.25) is 0 Å². The average molecular weight is 413 g/mol. The fraction of sp³-hybridized carbons (Fsp3) is 0.364. The quantitative estimate of drug-likeness (QED) is 0.838. The van der Waals surface area contributed by atoms with E-state index in [-0.39, 0.29) is 17.6 Å². The van der Waals surface area contributed by atoms with Gasteiger partial charge in [-0.3, -0.25) is 9.59 Å². The van der Waals surface area contributed by atoms with Gasteiger partial charge in [-0.05, 0) is 30.3 Å². The second-order valence-electron chi connectivity index (χ2n) is 7.56. The molecule has 0 unspecified atom stereocenters. The molecule has 0 radical (unpaired) electrons. The molecule has 30 heavy (non-hydrogen) atoms. The average Bonchev–Trinajstić information content (AvgIpc) is 2.77. The number of methoxy groups -OCH3 is 2. The Hall–Kier alpha value is -3.29. The van der Waals surface area contributed by atoms with Crippen LogP contribution in [0.5, 0.6) is 11.5 Å². The van der Waals surface area contributed by atoms with Crippen molar-refractivity contribution in [3.63, 3.8) is 0 Å². The molecule has 2 aliphatic rings. The van der Waals surface area contributed by atoms with Gasteiger partial charge >= 0.3 is 0 Å². The van der Waals surface area contributed by atoms with Crippen molar-refractivity contribution in [1.82, 2.24) is 10.2 Å². The third-order valence-electron chi connectivity index (χ3n) is 6.07. The van der Waals surface area contributed by atoms with Gasteiger partial charge in [-0.1, -0.05) is 0 Å². The number of piperidine rings is 1. The summed E-state index contributed by atoms with van der Waals surface area (Å²) in [5, 5.41) is 3.08. The Morgan fingerprint density at radius 3 is 2.50 bits per heavy atom. The first-order valence-corrected chi connectivity index (χ1v) is 9.76. The summed E-state index contributed by atoms with van der Waals surface area (Å²) in [4.78, 5) is 29.4. The van der Waals surface area contributed by atoms with Gasteiger partial charge in [-0.2, -0.15) is 0 Å². The minimum atomic E-state index is -0.654. The lowest BCUT2D eigenvalue weighted by Gasteiger charge is -2.51. The maximum Gasteiger partial charge on any atom is 0.257 e. The zero-order valence-electron chi connectivity index (χ0n) is 17.2. The van der Waals surface area contributed by atoms with Crippen molar-refractivity contribution in [1.29, 1.82) is 0 Å². The fourth-order valence-corrected chi connectivity index (χ4v) is 4.25. The minimum Gasteiger partial charge on any atom is -0.497 e. The molecule has 2 aliphatic heterocycles. The van der Waals surface area contributed by atoms with Crippen LogP contribution in [0, 0.1) is 5.82 Å². The van der Waals surface area contributed by atoms with E-state index in [4.69, 9.17) is 9.47 Å². The molecule has 0 atom stereocenters. The van der Waals surface area contributed by atoms with Gasteiger partial charge in [-0.15, -0.1) is 0 Å². The number of nitrogens with one attached hydrogen (secondary N) is 1. The van der Waals surface area contributed by atoms with Crippen molar-refractivity contribution >= 4 is 17.5 Å². The maximum atomic E-state index is 13.8. The summed E-state index contributed by atoms with van der Waals surface area (Å²) in [6, 6.07) is 9.26. The summed E-state index contributed by atoms with van der Waals surface area (Å²) in [7, 11) is 4.92. The SMILES string of the molecule is COc1ccc(C(=O)N2CCC3(CC2)NC(=O)c2ccc(F)cc2N3C)c(OC)c1. The van der Waals surface area contributed by atoms with Crippen LogP contribution in [-0.4, -0.2) is 56.7 Å². The molecule has 4 rings (SSSR count). The van der Waals surface area contributed by atoms with Crippen LogP contribution in [-0.2, 0) is 0 Å². The van der Waals surface area contributed by atoms with Gasteiger partial charge < -0.3 is 24.6 Å². The zero-order chi connectivity index (χ0) is 21.5. The monoisotopic (exact) mass is 413 g/mol. The van der Waals surface area contributed by atoms with Gasteiger partial charge in [0, 0.05) is 39.0 Å². The smallest absolute Gasteiger partial charge is 0.257 e. The number of halogens is 1. The van der Waals surface area contributed by atoms with Gasteiger partial charge in [-0.25, -0.2) is 4.39 Å². The third-order valence-corrected chi connectivity index (χ3v) is 6.07. The van der Waals surface area contributed by atoms with E-state index in [0.29, 0.717) is 54.2 Å². The number of amides is 2. The topological polar surface area (TPSA) is 71.1 Å². The van der Waals surface area contributed by atoms with E-state index in [1.54, 1.807) is 30.2 Å². The molecular weight excluding hydrogens is 389 g/mol. The Labute approximate surface area is 174 Å². The molecule has 0 saturated carbocycles. The molecule has 1 N–H and O–H groups in total. The first-order chi connectivity index (χ1) is 14.4. The first kappa shape index (κ1) is 20.0. The molecular formula is C22H24FN3O4. The summed E-state index contributed by atoms with van der Waals surface area (Å²) in [5.41, 5.74) is 0.822. The lowest BCUT2D eigenvalue weighted by molar-refractivity contribution is 0.0606. The highest BCUT2D eigenvalue weighted by molar-refractivity contribution is 6.02. The summed E-state index contributed by atoms with van der Waals surface area (Å²) in [5.74, 6) is 0.315. The second-order valence-corrected chi connectivity index (χ2v) is 7.56. The Bertz CT molecular complexity index is 1000. The lowest BCUT2D eigenvalue weighted by Crippen LogP contribution is -2.67. The second kappa shape index (κ2) is 7.51. The fourth-order valence-electron chi connectivity index (χ4n) is 4.25. The van der Waals surface area contributed by atoms with E-state index < -0.39 is 5.66 Å². The Balaban J connectivity index is 1.54. The van der Waals surface area contributed by atoms with Crippen LogP contribution in [0.25, 0.3) is 0 Å². The van der Waals surface area contributed by atoms with Crippen LogP contribution in [0.1, 0.15) is 33.6 Å². The molecule has 158 valence electrons. The molecule has 2 heterocycles. The first-order valence-electron chi connectivity index (χ1n) is 9.76. The van der Waals surface area contributed by atoms with E-state index >= 15 is 0 Å². The van der Waals surface area contributed by atoms with Crippen molar-refractivity contribution in [2.24, 2.45) is 0 Å². The number of nitrogens with zero attached hydrogens (tertiary/aromatic N) is 2. The number of hydrogen-bond donors (Lipinski definition) is 1. The van der Waals surface area contributed by atoms with Crippen molar-refractivity contribution in [2.45, 2.75) is 18.5 Å². The van der Waals surface area contributed by atoms with Gasteiger partial charge in [0.1, 0.15) is 23.0 Å². The summed E-state index contributed by atoms with van der Waals surface area (Å²) < 4.78 is 24.4. The third kappa shape index (κ3) is 3.22. The van der Waals surface area contributed by atoms with Crippen molar-refractivity contribution in [3.8, 4) is 11.5 Å². The van der Waals surface area contributed by atoms with E-state index in [9.17, 15) is 14.0 Å². The minimum absolute atomic E-state index is 0.138. The van der Waals surface area contributed by atoms with Crippen molar-refractivity contribution in [2.75, 3.05) is 39.3 Å². The van der Waals surface area contributed by atoms with Crippen LogP contribution in [0.2, 0.25) is 0 Å². The number of fused-ring (bicyclic) bond motifs is 1. The largest absolute Gasteiger partial charge is 0.497 e. The number of carbonyl (C=O) groups excluding carboxylic acids is 2. The molecule has 1 saturated heterocycles. The Morgan fingerprint density at radius 2 is 1.83 bits per heavy atom. The van der Waals surface area contributed by atoms with Gasteiger partial charge in [0.15, 0.2) is 0 Å². The molecule has 1 fully saturated rings. The lowest BCUT2D eigenvalue weighted by atomic mass is 9.90. The standard InChI is InChI=1S/C22H24FN3O4/c1-25-18-12-14(23)4-6-16(18)20(27)24-22(25)8-10-26(11-9-22)21(28)17-7-5-15(29-2)13-19(17)30-3/h4-7,12-13H,8-11H2,1-3H3,(H,24,27). The predicted octanol–water partition coefficient (Wildman–Crippen LogP) is 2.66. The number of hydrogen-bond acceptors (Lipinski definition) is 5. The molecule has 2 aromatic carbocycles. The van der Waals surface area contributed by atoms with E-state index in [1.807, 2.05) is 11.9 Å². The normalized spacial score (nSPS) is 17.4. The van der Waals surface area contributed by atoms with Crippen LogP contribution in [0.3, 0.4) is 0 Å². The van der Waals surface area contributed by atoms with E-state index in [2.05, 4.69) is 5.32 Å². The Kier molecular flexibility index (Phi) is 5.01. The molecule has 2 amide bonds. The predicted molar refractivity (Wildman–Crippen MR) is 110 cm³/mol. The van der Waals surface area contributed by atoms with Gasteiger partial charge in [0.25, 0.3) is 11.8 Å². The van der Waals surface area contributed by atoms with Crippen LogP contribution < -0.4 is 19.7 Å². The molecule has 0 aliphatic carbocycles. The van der Waals surface area contributed by atoms with Crippen molar-refractivity contribution < 1.29 is 23.5 Å². The highest BCUT2D eigenvalue weighted by atomic mass is 19.1. The molecule has 8 heteroatoms. The van der Waals surface area contributed by atoms with Gasteiger partial charge in [0.05, 0.1) is 31.0 Å².